The minimum atomic E-state index is 0.920. The van der Waals surface area contributed by atoms with Gasteiger partial charge in [-0.1, -0.05) is 25.7 Å². The van der Waals surface area contributed by atoms with Crippen LogP contribution in [0.5, 0.6) is 0 Å². The quantitative estimate of drug-likeness (QED) is 0.628. The molecule has 76 valence electrons. The fraction of sp³-hybridized carbons (Fsp3) is 1.00. The maximum atomic E-state index is 3.57. The van der Waals surface area contributed by atoms with Crippen LogP contribution in [-0.4, -0.2) is 26.2 Å². The molecule has 0 radical (unpaired) electrons. The van der Waals surface area contributed by atoms with Gasteiger partial charge < -0.3 is 10.6 Å². The summed E-state index contributed by atoms with van der Waals surface area (Å²) in [6.45, 7) is 4.95. The van der Waals surface area contributed by atoms with Crippen LogP contribution in [0.15, 0.2) is 0 Å². The maximum Gasteiger partial charge on any atom is 0.000394 e. The average molecular weight is 182 g/mol. The molecule has 1 aliphatic heterocycles. The SMILES string of the molecule is C1CCC(CCNCC2CNC2)C1. The van der Waals surface area contributed by atoms with Gasteiger partial charge in [0.25, 0.3) is 0 Å². The van der Waals surface area contributed by atoms with E-state index in [2.05, 4.69) is 10.6 Å². The second-order valence-electron chi connectivity index (χ2n) is 4.67. The summed E-state index contributed by atoms with van der Waals surface area (Å²) < 4.78 is 0. The van der Waals surface area contributed by atoms with Crippen LogP contribution in [0.1, 0.15) is 32.1 Å². The monoisotopic (exact) mass is 182 g/mol. The first-order chi connectivity index (χ1) is 6.45. The van der Waals surface area contributed by atoms with Crippen molar-refractivity contribution >= 4 is 0 Å². The number of rotatable bonds is 5. The minimum absolute atomic E-state index is 0.920. The van der Waals surface area contributed by atoms with E-state index in [1.807, 2.05) is 0 Å². The molecule has 2 fully saturated rings. The third-order valence-electron chi connectivity index (χ3n) is 3.50. The Hall–Kier alpha value is -0.0800. The van der Waals surface area contributed by atoms with Crippen LogP contribution in [-0.2, 0) is 0 Å². The van der Waals surface area contributed by atoms with Crippen molar-refractivity contribution in [2.24, 2.45) is 11.8 Å². The first-order valence-corrected chi connectivity index (χ1v) is 5.86. The van der Waals surface area contributed by atoms with Gasteiger partial charge in [0.15, 0.2) is 0 Å². The molecule has 13 heavy (non-hydrogen) atoms. The lowest BCUT2D eigenvalue weighted by atomic mass is 10.0. The van der Waals surface area contributed by atoms with Gasteiger partial charge in [-0.15, -0.1) is 0 Å². The van der Waals surface area contributed by atoms with E-state index in [-0.39, 0.29) is 0 Å². The zero-order valence-electron chi connectivity index (χ0n) is 8.52. The van der Waals surface area contributed by atoms with E-state index in [1.165, 1.54) is 58.3 Å². The third-order valence-corrected chi connectivity index (χ3v) is 3.50. The lowest BCUT2D eigenvalue weighted by molar-refractivity contribution is 0.326. The van der Waals surface area contributed by atoms with Crippen molar-refractivity contribution in [3.8, 4) is 0 Å². The van der Waals surface area contributed by atoms with Gasteiger partial charge in [0, 0.05) is 19.6 Å². The van der Waals surface area contributed by atoms with Gasteiger partial charge in [0.1, 0.15) is 0 Å². The largest absolute Gasteiger partial charge is 0.316 e. The van der Waals surface area contributed by atoms with E-state index in [0.29, 0.717) is 0 Å². The summed E-state index contributed by atoms with van der Waals surface area (Å²) in [5.41, 5.74) is 0. The van der Waals surface area contributed by atoms with E-state index in [0.717, 1.165) is 11.8 Å². The van der Waals surface area contributed by atoms with Crippen molar-refractivity contribution in [2.75, 3.05) is 26.2 Å². The van der Waals surface area contributed by atoms with Gasteiger partial charge in [-0.05, 0) is 24.8 Å². The topological polar surface area (TPSA) is 24.1 Å². The van der Waals surface area contributed by atoms with Gasteiger partial charge >= 0.3 is 0 Å². The van der Waals surface area contributed by atoms with Crippen LogP contribution in [0.3, 0.4) is 0 Å². The van der Waals surface area contributed by atoms with Gasteiger partial charge in [0.05, 0.1) is 0 Å². The van der Waals surface area contributed by atoms with E-state index >= 15 is 0 Å². The summed E-state index contributed by atoms with van der Waals surface area (Å²) in [6.07, 6.45) is 7.37. The molecule has 0 bridgehead atoms. The molecule has 0 amide bonds. The highest BCUT2D eigenvalue weighted by molar-refractivity contribution is 4.76. The Morgan fingerprint density at radius 2 is 1.85 bits per heavy atom. The molecule has 2 heteroatoms. The van der Waals surface area contributed by atoms with Crippen molar-refractivity contribution in [3.63, 3.8) is 0 Å². The van der Waals surface area contributed by atoms with Crippen molar-refractivity contribution in [2.45, 2.75) is 32.1 Å². The van der Waals surface area contributed by atoms with Gasteiger partial charge in [-0.3, -0.25) is 0 Å². The Bertz CT molecular complexity index is 137. The van der Waals surface area contributed by atoms with Crippen LogP contribution in [0.4, 0.5) is 0 Å². The Labute approximate surface area is 81.5 Å². The van der Waals surface area contributed by atoms with Gasteiger partial charge in [-0.25, -0.2) is 0 Å². The molecule has 2 rings (SSSR count). The molecule has 0 aromatic heterocycles. The Morgan fingerprint density at radius 1 is 1.08 bits per heavy atom. The van der Waals surface area contributed by atoms with Crippen molar-refractivity contribution in [1.82, 2.24) is 10.6 Å². The first-order valence-electron chi connectivity index (χ1n) is 5.86. The Kier molecular flexibility index (Phi) is 3.62. The third kappa shape index (κ3) is 2.96. The summed E-state index contributed by atoms with van der Waals surface area (Å²) in [4.78, 5) is 0. The molecule has 0 aromatic rings. The van der Waals surface area contributed by atoms with Crippen LogP contribution < -0.4 is 10.6 Å². The van der Waals surface area contributed by atoms with Crippen LogP contribution >= 0.6 is 0 Å². The molecule has 1 saturated heterocycles. The number of nitrogens with one attached hydrogen (secondary N) is 2. The second kappa shape index (κ2) is 4.97. The molecule has 1 aliphatic carbocycles. The lowest BCUT2D eigenvalue weighted by Crippen LogP contribution is -2.47. The van der Waals surface area contributed by atoms with Crippen molar-refractivity contribution in [1.29, 1.82) is 0 Å². The highest BCUT2D eigenvalue weighted by atomic mass is 15.0. The van der Waals surface area contributed by atoms with Gasteiger partial charge in [-0.2, -0.15) is 0 Å². The molecule has 2 N–H and O–H groups in total. The Balaban J connectivity index is 1.43. The normalized spacial score (nSPS) is 24.9. The van der Waals surface area contributed by atoms with Crippen molar-refractivity contribution < 1.29 is 0 Å². The summed E-state index contributed by atoms with van der Waals surface area (Å²) in [5.74, 6) is 1.97. The van der Waals surface area contributed by atoms with E-state index in [9.17, 15) is 0 Å². The summed E-state index contributed by atoms with van der Waals surface area (Å²) in [6, 6.07) is 0. The van der Waals surface area contributed by atoms with Crippen LogP contribution in [0, 0.1) is 11.8 Å². The summed E-state index contributed by atoms with van der Waals surface area (Å²) >= 11 is 0. The molecule has 1 heterocycles. The highest BCUT2D eigenvalue weighted by Gasteiger charge is 2.17. The molecule has 0 unspecified atom stereocenters. The van der Waals surface area contributed by atoms with Crippen LogP contribution in [0.2, 0.25) is 0 Å². The van der Waals surface area contributed by atoms with E-state index < -0.39 is 0 Å². The van der Waals surface area contributed by atoms with Crippen molar-refractivity contribution in [3.05, 3.63) is 0 Å². The minimum Gasteiger partial charge on any atom is -0.316 e. The van der Waals surface area contributed by atoms with E-state index in [1.54, 1.807) is 0 Å². The molecule has 0 aromatic carbocycles. The average Bonchev–Trinajstić information content (AvgIpc) is 2.53. The molecule has 2 nitrogen and oxygen atoms in total. The first kappa shape index (κ1) is 9.47. The second-order valence-corrected chi connectivity index (χ2v) is 4.67. The fourth-order valence-electron chi connectivity index (χ4n) is 2.40. The maximum absolute atomic E-state index is 3.57. The zero-order chi connectivity index (χ0) is 8.93. The molecule has 0 spiro atoms. The predicted molar refractivity (Wildman–Crippen MR) is 55.8 cm³/mol. The lowest BCUT2D eigenvalue weighted by Gasteiger charge is -2.27. The van der Waals surface area contributed by atoms with Crippen LogP contribution in [0.25, 0.3) is 0 Å². The highest BCUT2D eigenvalue weighted by Crippen LogP contribution is 2.26. The fourth-order valence-corrected chi connectivity index (χ4v) is 2.40. The number of hydrogen-bond donors (Lipinski definition) is 2. The smallest absolute Gasteiger partial charge is 0.000394 e. The van der Waals surface area contributed by atoms with Gasteiger partial charge in [0.2, 0.25) is 0 Å². The number of hydrogen-bond acceptors (Lipinski definition) is 2. The van der Waals surface area contributed by atoms with E-state index in [4.69, 9.17) is 0 Å². The predicted octanol–water partition coefficient (Wildman–Crippen LogP) is 1.38. The molecule has 1 saturated carbocycles. The molecule has 0 atom stereocenters. The molecular formula is C11H22N2. The summed E-state index contributed by atoms with van der Waals surface area (Å²) in [7, 11) is 0. The Morgan fingerprint density at radius 3 is 2.46 bits per heavy atom. The molecular weight excluding hydrogens is 160 g/mol. The standard InChI is InChI=1S/C11H22N2/c1-2-4-10(3-1)5-6-12-7-11-8-13-9-11/h10-13H,1-9H2. The zero-order valence-corrected chi connectivity index (χ0v) is 8.52. The summed E-state index contributed by atoms with van der Waals surface area (Å²) in [5, 5.41) is 6.88. The molecule has 2 aliphatic rings.